The summed E-state index contributed by atoms with van der Waals surface area (Å²) in [5.74, 6) is -0.121. The van der Waals surface area contributed by atoms with Crippen molar-refractivity contribution in [2.45, 2.75) is 42.6 Å². The van der Waals surface area contributed by atoms with E-state index < -0.39 is 12.0 Å². The van der Waals surface area contributed by atoms with Crippen LogP contribution in [0.25, 0.3) is 11.0 Å². The minimum absolute atomic E-state index is 0.0625. The molecular weight excluding hydrogens is 434 g/mol. The Morgan fingerprint density at radius 3 is 2.56 bits per heavy atom. The Balaban J connectivity index is 1.33. The Morgan fingerprint density at radius 2 is 1.84 bits per heavy atom. The molecule has 3 aromatic rings. The predicted octanol–water partition coefficient (Wildman–Crippen LogP) is 4.76. The lowest BCUT2D eigenvalue weighted by Gasteiger charge is -2.38. The zero-order valence-electron chi connectivity index (χ0n) is 17.4. The van der Waals surface area contributed by atoms with Crippen LogP contribution >= 0.6 is 11.9 Å². The number of likely N-dealkylation sites (tertiary alicyclic amines) is 1. The third kappa shape index (κ3) is 5.34. The van der Waals surface area contributed by atoms with E-state index in [1.165, 1.54) is 11.9 Å². The Labute approximate surface area is 189 Å². The number of fused-ring (bicyclic) bond motifs is 1. The molecule has 9 heteroatoms. The number of carbonyl (C=O) groups is 1. The monoisotopic (exact) mass is 458 g/mol. The fourth-order valence-electron chi connectivity index (χ4n) is 3.78. The maximum absolute atomic E-state index is 12.8. The van der Waals surface area contributed by atoms with Crippen LogP contribution in [-0.2, 0) is 0 Å². The van der Waals surface area contributed by atoms with Crippen molar-refractivity contribution in [1.82, 2.24) is 14.9 Å². The molecule has 2 aromatic carbocycles. The molecule has 2 heterocycles. The fraction of sp³-hybridized carbons (Fsp3) is 0.348. The summed E-state index contributed by atoms with van der Waals surface area (Å²) in [7, 11) is 0. The zero-order chi connectivity index (χ0) is 22.6. The van der Waals surface area contributed by atoms with E-state index in [0.717, 1.165) is 21.6 Å². The first-order chi connectivity index (χ1) is 15.4. The van der Waals surface area contributed by atoms with E-state index in [1.54, 1.807) is 29.4 Å². The molecule has 0 atom stereocenters. The number of nitrogens with one attached hydrogen (secondary N) is 1. The molecule has 32 heavy (non-hydrogen) atoms. The van der Waals surface area contributed by atoms with Gasteiger partial charge in [0.2, 0.25) is 6.43 Å². The lowest BCUT2D eigenvalue weighted by atomic mass is 9.87. The molecule has 0 unspecified atom stereocenters. The van der Waals surface area contributed by atoms with Crippen LogP contribution in [0, 0.1) is 0 Å². The average molecular weight is 459 g/mol. The summed E-state index contributed by atoms with van der Waals surface area (Å²) in [4.78, 5) is 24.1. The van der Waals surface area contributed by atoms with Gasteiger partial charge >= 0.3 is 0 Å². The largest absolute Gasteiger partial charge is 0.390 e. The van der Waals surface area contributed by atoms with Crippen LogP contribution in [0.5, 0.6) is 0 Å². The smallest absolute Gasteiger partial charge is 0.253 e. The maximum atomic E-state index is 12.8. The number of hydrogen-bond donors (Lipinski definition) is 2. The van der Waals surface area contributed by atoms with Gasteiger partial charge in [0.05, 0.1) is 16.0 Å². The number of aliphatic hydroxyl groups is 1. The van der Waals surface area contributed by atoms with Crippen LogP contribution in [-0.4, -0.2) is 51.0 Å². The van der Waals surface area contributed by atoms with E-state index in [9.17, 15) is 18.7 Å². The van der Waals surface area contributed by atoms with E-state index in [-0.39, 0.29) is 18.7 Å². The number of para-hydroxylation sites is 1. The number of anilines is 1. The van der Waals surface area contributed by atoms with Gasteiger partial charge in [-0.2, -0.15) is 0 Å². The summed E-state index contributed by atoms with van der Waals surface area (Å²) >= 11 is 1.42. The van der Waals surface area contributed by atoms with Gasteiger partial charge in [-0.05, 0) is 67.6 Å². The number of aromatic nitrogens is 2. The first-order valence-corrected chi connectivity index (χ1v) is 11.3. The summed E-state index contributed by atoms with van der Waals surface area (Å²) in [6, 6.07) is 13.0. The number of hydrogen-bond acceptors (Lipinski definition) is 6. The van der Waals surface area contributed by atoms with Gasteiger partial charge in [0.15, 0.2) is 0 Å². The van der Waals surface area contributed by atoms with Gasteiger partial charge in [0.25, 0.3) is 5.91 Å². The molecule has 168 valence electrons. The summed E-state index contributed by atoms with van der Waals surface area (Å²) < 4.78 is 28.2. The second-order valence-corrected chi connectivity index (χ2v) is 8.76. The van der Waals surface area contributed by atoms with Crippen LogP contribution < -0.4 is 4.72 Å². The number of carbonyl (C=O) groups excluding carboxylic acids is 1. The lowest BCUT2D eigenvalue weighted by Crippen LogP contribution is -2.46. The van der Waals surface area contributed by atoms with Crippen molar-refractivity contribution in [3.05, 3.63) is 60.4 Å². The Morgan fingerprint density at radius 1 is 1.12 bits per heavy atom. The van der Waals surface area contributed by atoms with Crippen molar-refractivity contribution < 1.29 is 18.7 Å². The molecule has 1 amide bonds. The number of benzene rings is 2. The molecule has 0 saturated carbocycles. The van der Waals surface area contributed by atoms with Crippen molar-refractivity contribution in [3.8, 4) is 0 Å². The molecule has 1 aliphatic heterocycles. The van der Waals surface area contributed by atoms with E-state index in [1.807, 2.05) is 30.3 Å². The molecule has 1 saturated heterocycles. The number of piperidine rings is 1. The second kappa shape index (κ2) is 9.79. The molecule has 1 fully saturated rings. The Kier molecular flexibility index (Phi) is 6.86. The van der Waals surface area contributed by atoms with Crippen molar-refractivity contribution >= 4 is 34.6 Å². The summed E-state index contributed by atoms with van der Waals surface area (Å²) in [6.45, 7) is 0.715. The van der Waals surface area contributed by atoms with Crippen LogP contribution in [0.4, 0.5) is 14.5 Å². The highest BCUT2D eigenvalue weighted by molar-refractivity contribution is 8.00. The van der Waals surface area contributed by atoms with Crippen LogP contribution in [0.3, 0.4) is 0 Å². The molecule has 2 N–H and O–H groups in total. The third-order valence-electron chi connectivity index (χ3n) is 5.68. The summed E-state index contributed by atoms with van der Waals surface area (Å²) in [5.41, 5.74) is 1.92. The van der Waals surface area contributed by atoms with E-state index >= 15 is 0 Å². The van der Waals surface area contributed by atoms with Crippen LogP contribution in [0.2, 0.25) is 0 Å². The van der Waals surface area contributed by atoms with Crippen molar-refractivity contribution in [3.63, 3.8) is 0 Å². The zero-order valence-corrected chi connectivity index (χ0v) is 18.2. The first-order valence-electron chi connectivity index (χ1n) is 10.5. The highest BCUT2D eigenvalue weighted by Crippen LogP contribution is 2.30. The predicted molar refractivity (Wildman–Crippen MR) is 121 cm³/mol. The van der Waals surface area contributed by atoms with Gasteiger partial charge < -0.3 is 14.7 Å². The molecule has 1 aromatic heterocycles. The number of alkyl halides is 2. The number of halogens is 2. The normalized spacial score (nSPS) is 15.8. The number of amides is 1. The SMILES string of the molecule is O=C(c1ccc(NSc2cccc3nccnc23)cc1)N1CCC(O)(CCC(F)F)CC1. The van der Waals surface area contributed by atoms with Crippen molar-refractivity contribution in [1.29, 1.82) is 0 Å². The molecule has 6 nitrogen and oxygen atoms in total. The Bertz CT molecular complexity index is 1070. The standard InChI is InChI=1S/C23H24F2N4O2S/c24-20(25)8-9-23(31)10-14-29(15-11-23)22(30)16-4-6-17(7-5-16)28-32-19-3-1-2-18-21(19)27-13-12-26-18/h1-7,12-13,20,28,31H,8-11,14-15H2. The van der Waals surface area contributed by atoms with Crippen LogP contribution in [0.1, 0.15) is 36.0 Å². The molecule has 0 radical (unpaired) electrons. The van der Waals surface area contributed by atoms with Crippen molar-refractivity contribution in [2.24, 2.45) is 0 Å². The van der Waals surface area contributed by atoms with Crippen molar-refractivity contribution in [2.75, 3.05) is 17.8 Å². The minimum Gasteiger partial charge on any atom is -0.390 e. The summed E-state index contributed by atoms with van der Waals surface area (Å²) in [6.07, 6.45) is 1.28. The number of rotatable bonds is 7. The highest BCUT2D eigenvalue weighted by Gasteiger charge is 2.34. The maximum Gasteiger partial charge on any atom is 0.253 e. The van der Waals surface area contributed by atoms with Crippen LogP contribution in [0.15, 0.2) is 59.8 Å². The van der Waals surface area contributed by atoms with Gasteiger partial charge in [0.1, 0.15) is 5.52 Å². The molecular formula is C23H24F2N4O2S. The lowest BCUT2D eigenvalue weighted by molar-refractivity contribution is -0.0346. The quantitative estimate of drug-likeness (QED) is 0.497. The van der Waals surface area contributed by atoms with Gasteiger partial charge in [-0.3, -0.25) is 14.8 Å². The average Bonchev–Trinajstić information content (AvgIpc) is 2.82. The fourth-order valence-corrected chi connectivity index (χ4v) is 4.54. The molecule has 4 rings (SSSR count). The summed E-state index contributed by atoms with van der Waals surface area (Å²) in [5, 5.41) is 10.5. The number of nitrogens with zero attached hydrogens (tertiary/aromatic N) is 3. The second-order valence-electron chi connectivity index (χ2n) is 7.91. The Hall–Kier alpha value is -2.78. The highest BCUT2D eigenvalue weighted by atomic mass is 32.2. The van der Waals surface area contributed by atoms with Gasteiger partial charge in [-0.1, -0.05) is 6.07 Å². The first kappa shape index (κ1) is 22.4. The molecule has 0 spiro atoms. The minimum atomic E-state index is -2.42. The topological polar surface area (TPSA) is 78.4 Å². The van der Waals surface area contributed by atoms with Gasteiger partial charge in [0, 0.05) is 43.2 Å². The molecule has 0 aliphatic carbocycles. The van der Waals surface area contributed by atoms with E-state index in [2.05, 4.69) is 14.7 Å². The van der Waals surface area contributed by atoms with E-state index in [4.69, 9.17) is 0 Å². The molecule has 1 aliphatic rings. The molecule has 0 bridgehead atoms. The van der Waals surface area contributed by atoms with Gasteiger partial charge in [-0.25, -0.2) is 8.78 Å². The third-order valence-corrected chi connectivity index (χ3v) is 6.57. The van der Waals surface area contributed by atoms with E-state index in [0.29, 0.717) is 31.5 Å². The van der Waals surface area contributed by atoms with Gasteiger partial charge in [-0.15, -0.1) is 0 Å².